The van der Waals surface area contributed by atoms with E-state index in [2.05, 4.69) is 50.8 Å². The zero-order valence-electron chi connectivity index (χ0n) is 14.4. The third kappa shape index (κ3) is 2.89. The summed E-state index contributed by atoms with van der Waals surface area (Å²) >= 11 is 0. The molecule has 0 radical (unpaired) electrons. The molecule has 0 aromatic heterocycles. The van der Waals surface area contributed by atoms with Crippen LogP contribution in [0.5, 0.6) is 5.75 Å². The maximum absolute atomic E-state index is 6.69. The fourth-order valence-corrected chi connectivity index (χ4v) is 4.04. The second-order valence-corrected chi connectivity index (χ2v) is 7.72. The predicted molar refractivity (Wildman–Crippen MR) is 91.2 cm³/mol. The van der Waals surface area contributed by atoms with Crippen LogP contribution < -0.4 is 10.5 Å². The molecule has 1 aromatic carbocycles. The van der Waals surface area contributed by atoms with Crippen molar-refractivity contribution in [2.45, 2.75) is 64.6 Å². The Balaban J connectivity index is 1.86. The van der Waals surface area contributed by atoms with Gasteiger partial charge in [0.25, 0.3) is 0 Å². The van der Waals surface area contributed by atoms with Crippen molar-refractivity contribution in [3.63, 3.8) is 0 Å². The van der Waals surface area contributed by atoms with E-state index in [9.17, 15) is 0 Å². The van der Waals surface area contributed by atoms with Gasteiger partial charge in [0.05, 0.1) is 0 Å². The largest absolute Gasteiger partial charge is 0.487 e. The van der Waals surface area contributed by atoms with E-state index in [0.717, 1.165) is 12.3 Å². The summed E-state index contributed by atoms with van der Waals surface area (Å²) in [4.78, 5) is 2.61. The van der Waals surface area contributed by atoms with E-state index in [0.29, 0.717) is 12.0 Å². The van der Waals surface area contributed by atoms with Gasteiger partial charge in [-0.25, -0.2) is 0 Å². The molecule has 2 aliphatic rings. The van der Waals surface area contributed by atoms with Gasteiger partial charge in [-0.2, -0.15) is 0 Å². The molecule has 0 bridgehead atoms. The summed E-state index contributed by atoms with van der Waals surface area (Å²) in [5, 5.41) is 0. The summed E-state index contributed by atoms with van der Waals surface area (Å²) in [6.45, 7) is 11.1. The second-order valence-electron chi connectivity index (χ2n) is 7.72. The fraction of sp³-hybridized carbons (Fsp3) is 0.684. The Morgan fingerprint density at radius 3 is 2.82 bits per heavy atom. The molecule has 1 aromatic rings. The molecule has 3 heteroatoms. The second kappa shape index (κ2) is 5.86. The SMILES string of the molecule is Cc1ccc2c(c1)C(N)C(CN1CCCCC1C)C(C)(C)O2. The maximum atomic E-state index is 6.69. The van der Waals surface area contributed by atoms with Crippen molar-refractivity contribution in [3.8, 4) is 5.75 Å². The van der Waals surface area contributed by atoms with Gasteiger partial charge in [-0.05, 0) is 53.1 Å². The molecule has 0 spiro atoms. The van der Waals surface area contributed by atoms with Gasteiger partial charge >= 0.3 is 0 Å². The first kappa shape index (κ1) is 15.8. The van der Waals surface area contributed by atoms with Crippen LogP contribution in [0.3, 0.4) is 0 Å². The lowest BCUT2D eigenvalue weighted by Gasteiger charge is -2.47. The molecule has 122 valence electrons. The molecule has 0 amide bonds. The number of benzene rings is 1. The van der Waals surface area contributed by atoms with Crippen molar-refractivity contribution >= 4 is 0 Å². The van der Waals surface area contributed by atoms with Gasteiger partial charge in [0.2, 0.25) is 0 Å². The number of nitrogens with zero attached hydrogens (tertiary/aromatic N) is 1. The molecule has 3 unspecified atom stereocenters. The molecule has 22 heavy (non-hydrogen) atoms. The van der Waals surface area contributed by atoms with E-state index in [-0.39, 0.29) is 11.6 Å². The Morgan fingerprint density at radius 1 is 1.32 bits per heavy atom. The predicted octanol–water partition coefficient (Wildman–Crippen LogP) is 3.66. The number of hydrogen-bond donors (Lipinski definition) is 1. The number of nitrogens with two attached hydrogens (primary N) is 1. The van der Waals surface area contributed by atoms with Crippen LogP contribution >= 0.6 is 0 Å². The van der Waals surface area contributed by atoms with E-state index < -0.39 is 0 Å². The van der Waals surface area contributed by atoms with Crippen molar-refractivity contribution in [3.05, 3.63) is 29.3 Å². The first-order valence-corrected chi connectivity index (χ1v) is 8.67. The zero-order chi connectivity index (χ0) is 15.9. The monoisotopic (exact) mass is 302 g/mol. The summed E-state index contributed by atoms with van der Waals surface area (Å²) in [6.07, 6.45) is 3.97. The first-order chi connectivity index (χ1) is 10.4. The van der Waals surface area contributed by atoms with Gasteiger partial charge < -0.3 is 15.4 Å². The quantitative estimate of drug-likeness (QED) is 0.906. The topological polar surface area (TPSA) is 38.5 Å². The Labute approximate surface area is 134 Å². The van der Waals surface area contributed by atoms with Crippen LogP contribution in [-0.4, -0.2) is 29.6 Å². The number of piperidine rings is 1. The summed E-state index contributed by atoms with van der Waals surface area (Å²) in [7, 11) is 0. The number of hydrogen-bond acceptors (Lipinski definition) is 3. The van der Waals surface area contributed by atoms with E-state index >= 15 is 0 Å². The Kier molecular flexibility index (Phi) is 4.21. The number of aryl methyl sites for hydroxylation is 1. The van der Waals surface area contributed by atoms with Crippen molar-refractivity contribution in [2.24, 2.45) is 11.7 Å². The first-order valence-electron chi connectivity index (χ1n) is 8.67. The average Bonchev–Trinajstić information content (AvgIpc) is 2.46. The van der Waals surface area contributed by atoms with Crippen molar-refractivity contribution in [1.29, 1.82) is 0 Å². The molecule has 1 saturated heterocycles. The van der Waals surface area contributed by atoms with Crippen LogP contribution in [0.4, 0.5) is 0 Å². The fourth-order valence-electron chi connectivity index (χ4n) is 4.04. The molecule has 3 rings (SSSR count). The molecular weight excluding hydrogens is 272 g/mol. The lowest BCUT2D eigenvalue weighted by molar-refractivity contribution is -0.0165. The van der Waals surface area contributed by atoms with Crippen molar-refractivity contribution in [1.82, 2.24) is 4.90 Å². The third-order valence-corrected chi connectivity index (χ3v) is 5.60. The highest BCUT2D eigenvalue weighted by atomic mass is 16.5. The Morgan fingerprint density at radius 2 is 2.09 bits per heavy atom. The maximum Gasteiger partial charge on any atom is 0.124 e. The standard InChI is InChI=1S/C19H30N2O/c1-13-8-9-17-15(11-13)18(20)16(19(3,4)22-17)12-21-10-6-5-7-14(21)2/h8-9,11,14,16,18H,5-7,10,12,20H2,1-4H3. The molecule has 3 atom stereocenters. The number of likely N-dealkylation sites (tertiary alicyclic amines) is 1. The highest BCUT2D eigenvalue weighted by Crippen LogP contribution is 2.43. The van der Waals surface area contributed by atoms with Crippen molar-refractivity contribution < 1.29 is 4.74 Å². The Bertz CT molecular complexity index is 540. The van der Waals surface area contributed by atoms with Gasteiger partial charge in [-0.3, -0.25) is 0 Å². The average molecular weight is 302 g/mol. The number of fused-ring (bicyclic) bond motifs is 1. The highest BCUT2D eigenvalue weighted by molar-refractivity contribution is 5.42. The summed E-state index contributed by atoms with van der Waals surface area (Å²) in [5.74, 6) is 1.29. The molecule has 2 heterocycles. The third-order valence-electron chi connectivity index (χ3n) is 5.60. The minimum atomic E-state index is -0.223. The van der Waals surface area contributed by atoms with Crippen LogP contribution in [0.1, 0.15) is 57.2 Å². The molecule has 0 saturated carbocycles. The molecule has 3 nitrogen and oxygen atoms in total. The molecule has 0 aliphatic carbocycles. The Hall–Kier alpha value is -1.06. The normalized spacial score (nSPS) is 31.4. The van der Waals surface area contributed by atoms with Crippen LogP contribution in [0, 0.1) is 12.8 Å². The zero-order valence-corrected chi connectivity index (χ0v) is 14.4. The molecule has 2 aliphatic heterocycles. The van der Waals surface area contributed by atoms with Crippen LogP contribution in [0.25, 0.3) is 0 Å². The molecular formula is C19H30N2O. The van der Waals surface area contributed by atoms with Gasteiger partial charge in [-0.15, -0.1) is 0 Å². The lowest BCUT2D eigenvalue weighted by atomic mass is 9.77. The van der Waals surface area contributed by atoms with E-state index in [1.54, 1.807) is 0 Å². The van der Waals surface area contributed by atoms with Crippen molar-refractivity contribution in [2.75, 3.05) is 13.1 Å². The summed E-state index contributed by atoms with van der Waals surface area (Å²) in [5.41, 5.74) is 8.90. The van der Waals surface area contributed by atoms with Gasteiger partial charge in [0, 0.05) is 30.1 Å². The van der Waals surface area contributed by atoms with Crippen LogP contribution in [-0.2, 0) is 0 Å². The lowest BCUT2D eigenvalue weighted by Crippen LogP contribution is -2.53. The van der Waals surface area contributed by atoms with Gasteiger partial charge in [-0.1, -0.05) is 24.1 Å². The van der Waals surface area contributed by atoms with E-state index in [1.165, 1.54) is 36.9 Å². The highest BCUT2D eigenvalue weighted by Gasteiger charge is 2.43. The smallest absolute Gasteiger partial charge is 0.124 e. The van der Waals surface area contributed by atoms with E-state index in [4.69, 9.17) is 10.5 Å². The summed E-state index contributed by atoms with van der Waals surface area (Å²) < 4.78 is 6.33. The van der Waals surface area contributed by atoms with Crippen LogP contribution in [0.2, 0.25) is 0 Å². The number of rotatable bonds is 2. The minimum absolute atomic E-state index is 0.0489. The summed E-state index contributed by atoms with van der Waals surface area (Å²) in [6, 6.07) is 7.09. The number of ether oxygens (including phenoxy) is 1. The van der Waals surface area contributed by atoms with E-state index in [1.807, 2.05) is 0 Å². The minimum Gasteiger partial charge on any atom is -0.487 e. The molecule has 1 fully saturated rings. The van der Waals surface area contributed by atoms with Gasteiger partial charge in [0.15, 0.2) is 0 Å². The van der Waals surface area contributed by atoms with Crippen LogP contribution in [0.15, 0.2) is 18.2 Å². The van der Waals surface area contributed by atoms with Gasteiger partial charge in [0.1, 0.15) is 11.4 Å². The molecule has 2 N–H and O–H groups in total.